The highest BCUT2D eigenvalue weighted by Crippen LogP contribution is 2.09. The predicted octanol–water partition coefficient (Wildman–Crippen LogP) is 1.31. The summed E-state index contributed by atoms with van der Waals surface area (Å²) in [4.78, 5) is 16.5. The van der Waals surface area contributed by atoms with Crippen LogP contribution in [-0.2, 0) is 10.0 Å². The minimum absolute atomic E-state index is 0.130. The zero-order chi connectivity index (χ0) is 21.6. The number of halogens is 1. The average Bonchev–Trinajstić information content (AvgIpc) is 3.19. The van der Waals surface area contributed by atoms with E-state index in [1.807, 2.05) is 0 Å². The van der Waals surface area contributed by atoms with E-state index in [-0.39, 0.29) is 19.0 Å². The number of sulfonamides is 1. The molecule has 10 heteroatoms. The number of allylic oxidation sites excluding steroid dienone is 2. The summed E-state index contributed by atoms with van der Waals surface area (Å²) in [5, 5.41) is 6.60. The van der Waals surface area contributed by atoms with Crippen molar-refractivity contribution in [1.82, 2.24) is 24.7 Å². The first-order chi connectivity index (χ1) is 14.4. The molecule has 3 N–H and O–H groups in total. The number of hydrogen-bond donors (Lipinski definition) is 3. The van der Waals surface area contributed by atoms with Gasteiger partial charge in [-0.2, -0.15) is 0 Å². The number of alkyl halides is 1. The number of piperidine rings is 1. The molecule has 160 valence electrons. The molecular formula is C20H24FN5O3S. The van der Waals surface area contributed by atoms with E-state index in [0.29, 0.717) is 24.1 Å². The van der Waals surface area contributed by atoms with Crippen molar-refractivity contribution in [2.24, 2.45) is 0 Å². The van der Waals surface area contributed by atoms with Crippen LogP contribution in [0.25, 0.3) is 5.65 Å². The third kappa shape index (κ3) is 5.85. The lowest BCUT2D eigenvalue weighted by Gasteiger charge is -2.26. The highest BCUT2D eigenvalue weighted by atomic mass is 32.2. The van der Waals surface area contributed by atoms with Crippen LogP contribution in [-0.4, -0.2) is 55.6 Å². The van der Waals surface area contributed by atoms with Gasteiger partial charge in [0.25, 0.3) is 5.91 Å². The summed E-state index contributed by atoms with van der Waals surface area (Å²) in [5.41, 5.74) is 1.82. The van der Waals surface area contributed by atoms with Crippen molar-refractivity contribution in [3.63, 3.8) is 0 Å². The number of fused-ring (bicyclic) bond motifs is 1. The first-order valence-electron chi connectivity index (χ1n) is 9.45. The zero-order valence-corrected chi connectivity index (χ0v) is 17.1. The number of nitrogens with one attached hydrogen (secondary N) is 3. The molecule has 2 aromatic heterocycles. The van der Waals surface area contributed by atoms with Crippen molar-refractivity contribution in [2.45, 2.75) is 18.6 Å². The van der Waals surface area contributed by atoms with Gasteiger partial charge in [-0.15, -0.1) is 0 Å². The predicted molar refractivity (Wildman–Crippen MR) is 113 cm³/mol. The van der Waals surface area contributed by atoms with Crippen LogP contribution in [0.3, 0.4) is 0 Å². The SMILES string of the molecule is C=CC(=CC=CS(=O)(=O)NC1CCNCC1F)CNC(=O)c1ccc2nccn2c1. The molecule has 1 aliphatic rings. The van der Waals surface area contributed by atoms with E-state index in [0.717, 1.165) is 11.1 Å². The van der Waals surface area contributed by atoms with Gasteiger partial charge in [-0.05, 0) is 36.7 Å². The number of carbonyl (C=O) groups excluding carboxylic acids is 1. The molecule has 3 heterocycles. The molecule has 1 aliphatic heterocycles. The van der Waals surface area contributed by atoms with Crippen LogP contribution in [0, 0.1) is 0 Å². The van der Waals surface area contributed by atoms with Gasteiger partial charge in [-0.1, -0.05) is 18.7 Å². The smallest absolute Gasteiger partial charge is 0.253 e. The van der Waals surface area contributed by atoms with Crippen molar-refractivity contribution >= 4 is 21.6 Å². The number of amides is 1. The van der Waals surface area contributed by atoms with Gasteiger partial charge in [0.1, 0.15) is 11.8 Å². The fourth-order valence-electron chi connectivity index (χ4n) is 3.01. The van der Waals surface area contributed by atoms with Gasteiger partial charge in [-0.3, -0.25) is 4.79 Å². The van der Waals surface area contributed by atoms with Crippen LogP contribution in [0.15, 0.2) is 66.5 Å². The Morgan fingerprint density at radius 2 is 2.27 bits per heavy atom. The Hall–Kier alpha value is -2.82. The van der Waals surface area contributed by atoms with Crippen LogP contribution in [0.1, 0.15) is 16.8 Å². The number of hydrogen-bond acceptors (Lipinski definition) is 5. The Balaban J connectivity index is 1.56. The van der Waals surface area contributed by atoms with Crippen LogP contribution < -0.4 is 15.4 Å². The first-order valence-corrected chi connectivity index (χ1v) is 11.0. The number of nitrogens with zero attached hydrogens (tertiary/aromatic N) is 2. The summed E-state index contributed by atoms with van der Waals surface area (Å²) >= 11 is 0. The molecule has 1 amide bonds. The molecule has 0 radical (unpaired) electrons. The first kappa shape index (κ1) is 21.9. The summed E-state index contributed by atoms with van der Waals surface area (Å²) in [7, 11) is -3.78. The van der Waals surface area contributed by atoms with E-state index >= 15 is 0 Å². The van der Waals surface area contributed by atoms with E-state index in [2.05, 4.69) is 26.9 Å². The van der Waals surface area contributed by atoms with E-state index in [9.17, 15) is 17.6 Å². The van der Waals surface area contributed by atoms with Crippen molar-refractivity contribution in [1.29, 1.82) is 0 Å². The van der Waals surface area contributed by atoms with Crippen molar-refractivity contribution in [3.05, 3.63) is 72.1 Å². The molecule has 0 saturated carbocycles. The van der Waals surface area contributed by atoms with Crippen molar-refractivity contribution in [3.8, 4) is 0 Å². The van der Waals surface area contributed by atoms with E-state index in [1.54, 1.807) is 35.1 Å². The number of rotatable bonds is 8. The normalized spacial score (nSPS) is 20.5. The quantitative estimate of drug-likeness (QED) is 0.545. The van der Waals surface area contributed by atoms with E-state index in [1.165, 1.54) is 18.2 Å². The molecule has 0 aliphatic carbocycles. The minimum atomic E-state index is -3.78. The largest absolute Gasteiger partial charge is 0.348 e. The second kappa shape index (κ2) is 9.79. The maximum Gasteiger partial charge on any atom is 0.253 e. The van der Waals surface area contributed by atoms with Crippen LogP contribution in [0.5, 0.6) is 0 Å². The molecule has 2 atom stereocenters. The van der Waals surface area contributed by atoms with E-state index in [4.69, 9.17) is 0 Å². The summed E-state index contributed by atoms with van der Waals surface area (Å²) < 4.78 is 42.1. The highest BCUT2D eigenvalue weighted by Gasteiger charge is 2.27. The molecule has 2 unspecified atom stereocenters. The minimum Gasteiger partial charge on any atom is -0.348 e. The third-order valence-electron chi connectivity index (χ3n) is 4.66. The lowest BCUT2D eigenvalue weighted by Crippen LogP contribution is -2.50. The number of aromatic nitrogens is 2. The Morgan fingerprint density at radius 1 is 1.43 bits per heavy atom. The standard InChI is InChI=1S/C20H24FN5O3S/c1-2-15(4-3-11-30(28,29)25-18-7-8-22-13-17(18)21)12-24-20(27)16-5-6-19-23-9-10-26(19)14-16/h2-6,9-11,14,17-18,22,25H,1,7-8,12-13H2,(H,24,27). The number of pyridine rings is 1. The van der Waals surface area contributed by atoms with Crippen LogP contribution >= 0.6 is 0 Å². The maximum atomic E-state index is 13.8. The van der Waals surface area contributed by atoms with E-state index < -0.39 is 22.2 Å². The van der Waals surface area contributed by atoms with Crippen LogP contribution in [0.2, 0.25) is 0 Å². The van der Waals surface area contributed by atoms with Gasteiger partial charge in [0.2, 0.25) is 10.0 Å². The lowest BCUT2D eigenvalue weighted by molar-refractivity contribution is 0.0957. The second-order valence-electron chi connectivity index (χ2n) is 6.85. The Morgan fingerprint density at radius 3 is 3.03 bits per heavy atom. The van der Waals surface area contributed by atoms with Gasteiger partial charge in [0.15, 0.2) is 0 Å². The number of carbonyl (C=O) groups is 1. The fourth-order valence-corrected chi connectivity index (χ4v) is 4.06. The Kier molecular flexibility index (Phi) is 7.14. The molecular weight excluding hydrogens is 409 g/mol. The Labute approximate surface area is 174 Å². The zero-order valence-electron chi connectivity index (χ0n) is 16.3. The van der Waals surface area contributed by atoms with Gasteiger partial charge in [0.05, 0.1) is 11.6 Å². The molecule has 30 heavy (non-hydrogen) atoms. The van der Waals surface area contributed by atoms with Gasteiger partial charge < -0.3 is 15.0 Å². The molecule has 0 spiro atoms. The van der Waals surface area contributed by atoms with Crippen molar-refractivity contribution in [2.75, 3.05) is 19.6 Å². The molecule has 1 saturated heterocycles. The summed E-state index contributed by atoms with van der Waals surface area (Å²) in [6.07, 6.45) is 8.56. The van der Waals surface area contributed by atoms with Gasteiger partial charge in [0, 0.05) is 37.1 Å². The molecule has 2 aromatic rings. The number of imidazole rings is 1. The van der Waals surface area contributed by atoms with Crippen LogP contribution in [0.4, 0.5) is 4.39 Å². The summed E-state index contributed by atoms with van der Waals surface area (Å²) in [5.74, 6) is -0.281. The van der Waals surface area contributed by atoms with Crippen molar-refractivity contribution < 1.29 is 17.6 Å². The monoisotopic (exact) mass is 433 g/mol. The molecule has 8 nitrogen and oxygen atoms in total. The average molecular weight is 434 g/mol. The molecule has 1 fully saturated rings. The maximum absolute atomic E-state index is 13.8. The highest BCUT2D eigenvalue weighted by molar-refractivity contribution is 7.92. The molecule has 3 rings (SSSR count). The summed E-state index contributed by atoms with van der Waals surface area (Å²) in [6, 6.07) is 2.67. The molecule has 0 bridgehead atoms. The second-order valence-corrected chi connectivity index (χ2v) is 8.44. The molecule has 0 aromatic carbocycles. The van der Waals surface area contributed by atoms with Gasteiger partial charge in [-0.25, -0.2) is 22.5 Å². The summed E-state index contributed by atoms with van der Waals surface area (Å²) in [6.45, 7) is 4.54. The topological polar surface area (TPSA) is 105 Å². The third-order valence-corrected chi connectivity index (χ3v) is 5.80. The lowest BCUT2D eigenvalue weighted by atomic mass is 10.1. The van der Waals surface area contributed by atoms with Gasteiger partial charge >= 0.3 is 0 Å². The Bertz CT molecular complexity index is 1080. The fraction of sp³-hybridized carbons (Fsp3) is 0.300.